The lowest BCUT2D eigenvalue weighted by Gasteiger charge is -2.22. The van der Waals surface area contributed by atoms with E-state index >= 15 is 0 Å². The number of methoxy groups -OCH3 is 1. The van der Waals surface area contributed by atoms with Crippen LogP contribution in [0.4, 0.5) is 0 Å². The highest BCUT2D eigenvalue weighted by Crippen LogP contribution is 2.18. The van der Waals surface area contributed by atoms with Gasteiger partial charge >= 0.3 is 0 Å². The molecule has 6 heteroatoms. The molecule has 2 N–H and O–H groups in total. The van der Waals surface area contributed by atoms with Gasteiger partial charge in [-0.05, 0) is 69.0 Å². The molecule has 2 rings (SSSR count). The fourth-order valence-electron chi connectivity index (χ4n) is 2.61. The SMILES string of the molecule is COc1ccc(S(=O)(=O)NCCCC2CCNCC2)cc1. The fourth-order valence-corrected chi connectivity index (χ4v) is 3.68. The van der Waals surface area contributed by atoms with Gasteiger partial charge in [0, 0.05) is 6.54 Å². The maximum atomic E-state index is 12.1. The van der Waals surface area contributed by atoms with Crippen molar-refractivity contribution in [1.29, 1.82) is 0 Å². The van der Waals surface area contributed by atoms with E-state index in [9.17, 15) is 8.42 Å². The van der Waals surface area contributed by atoms with Crippen molar-refractivity contribution >= 4 is 10.0 Å². The molecule has 0 bridgehead atoms. The minimum absolute atomic E-state index is 0.283. The molecule has 5 nitrogen and oxygen atoms in total. The van der Waals surface area contributed by atoms with Crippen molar-refractivity contribution in [2.45, 2.75) is 30.6 Å². The first kappa shape index (κ1) is 16.3. The molecule has 1 heterocycles. The zero-order valence-corrected chi connectivity index (χ0v) is 13.3. The predicted molar refractivity (Wildman–Crippen MR) is 83.0 cm³/mol. The molecule has 0 aromatic heterocycles. The van der Waals surface area contributed by atoms with Crippen LogP contribution in [0.1, 0.15) is 25.7 Å². The van der Waals surface area contributed by atoms with Crippen LogP contribution >= 0.6 is 0 Å². The lowest BCUT2D eigenvalue weighted by molar-refractivity contribution is 0.347. The summed E-state index contributed by atoms with van der Waals surface area (Å²) >= 11 is 0. The van der Waals surface area contributed by atoms with Crippen LogP contribution in [-0.2, 0) is 10.0 Å². The van der Waals surface area contributed by atoms with E-state index in [-0.39, 0.29) is 4.90 Å². The minimum atomic E-state index is -3.41. The van der Waals surface area contributed by atoms with E-state index in [4.69, 9.17) is 4.74 Å². The average molecular weight is 312 g/mol. The molecule has 0 saturated carbocycles. The zero-order valence-electron chi connectivity index (χ0n) is 12.5. The van der Waals surface area contributed by atoms with Crippen molar-refractivity contribution < 1.29 is 13.2 Å². The van der Waals surface area contributed by atoms with E-state index in [0.29, 0.717) is 12.3 Å². The molecule has 1 aromatic rings. The molecule has 1 aliphatic rings. The highest BCUT2D eigenvalue weighted by molar-refractivity contribution is 7.89. The second-order valence-corrected chi connectivity index (χ2v) is 7.18. The number of sulfonamides is 1. The Morgan fingerprint density at radius 2 is 1.90 bits per heavy atom. The maximum Gasteiger partial charge on any atom is 0.240 e. The summed E-state index contributed by atoms with van der Waals surface area (Å²) in [6.45, 7) is 2.67. The zero-order chi connectivity index (χ0) is 15.1. The van der Waals surface area contributed by atoms with Crippen LogP contribution < -0.4 is 14.8 Å². The average Bonchev–Trinajstić information content (AvgIpc) is 2.53. The maximum absolute atomic E-state index is 12.1. The standard InChI is InChI=1S/C15H24N2O3S/c1-20-14-4-6-15(7-5-14)21(18,19)17-10-2-3-13-8-11-16-12-9-13/h4-7,13,16-17H,2-3,8-12H2,1H3. The quantitative estimate of drug-likeness (QED) is 0.753. The summed E-state index contributed by atoms with van der Waals surface area (Å²) in [5, 5.41) is 3.34. The van der Waals surface area contributed by atoms with Gasteiger partial charge in [-0.1, -0.05) is 0 Å². The van der Waals surface area contributed by atoms with Crippen LogP contribution in [0.5, 0.6) is 5.75 Å². The van der Waals surface area contributed by atoms with Crippen LogP contribution in [0.2, 0.25) is 0 Å². The molecular formula is C15H24N2O3S. The summed E-state index contributed by atoms with van der Waals surface area (Å²) in [4.78, 5) is 0.283. The smallest absolute Gasteiger partial charge is 0.240 e. The Hall–Kier alpha value is -1.11. The predicted octanol–water partition coefficient (Wildman–Crippen LogP) is 1.75. The number of piperidine rings is 1. The number of hydrogen-bond acceptors (Lipinski definition) is 4. The van der Waals surface area contributed by atoms with E-state index in [1.165, 1.54) is 12.8 Å². The summed E-state index contributed by atoms with van der Waals surface area (Å²) < 4.78 is 31.9. The third-order valence-electron chi connectivity index (χ3n) is 3.91. The summed E-state index contributed by atoms with van der Waals surface area (Å²) in [5.41, 5.74) is 0. The second-order valence-electron chi connectivity index (χ2n) is 5.41. The molecule has 0 radical (unpaired) electrons. The van der Waals surface area contributed by atoms with Crippen molar-refractivity contribution in [1.82, 2.24) is 10.0 Å². The first-order valence-corrected chi connectivity index (χ1v) is 8.94. The number of hydrogen-bond donors (Lipinski definition) is 2. The Labute approximate surface area is 127 Å². The molecule has 118 valence electrons. The van der Waals surface area contributed by atoms with Gasteiger partial charge in [-0.2, -0.15) is 0 Å². The lowest BCUT2D eigenvalue weighted by Crippen LogP contribution is -2.29. The van der Waals surface area contributed by atoms with Crippen LogP contribution in [-0.4, -0.2) is 35.2 Å². The van der Waals surface area contributed by atoms with Crippen LogP contribution in [0.25, 0.3) is 0 Å². The van der Waals surface area contributed by atoms with Crippen molar-refractivity contribution in [2.75, 3.05) is 26.7 Å². The van der Waals surface area contributed by atoms with Crippen molar-refractivity contribution in [3.63, 3.8) is 0 Å². The fraction of sp³-hybridized carbons (Fsp3) is 0.600. The molecule has 0 spiro atoms. The molecule has 0 atom stereocenters. The van der Waals surface area contributed by atoms with Gasteiger partial charge in [0.2, 0.25) is 10.0 Å². The highest BCUT2D eigenvalue weighted by atomic mass is 32.2. The van der Waals surface area contributed by atoms with Gasteiger partial charge in [0.1, 0.15) is 5.75 Å². The molecular weight excluding hydrogens is 288 g/mol. The van der Waals surface area contributed by atoms with E-state index in [0.717, 1.165) is 31.8 Å². The molecule has 0 unspecified atom stereocenters. The molecule has 0 aliphatic carbocycles. The van der Waals surface area contributed by atoms with E-state index in [1.807, 2.05) is 0 Å². The summed E-state index contributed by atoms with van der Waals surface area (Å²) in [6, 6.07) is 6.44. The monoisotopic (exact) mass is 312 g/mol. The molecule has 0 amide bonds. The first-order valence-electron chi connectivity index (χ1n) is 7.46. The van der Waals surface area contributed by atoms with Crippen molar-refractivity contribution in [3.05, 3.63) is 24.3 Å². The lowest BCUT2D eigenvalue weighted by atomic mass is 9.93. The second kappa shape index (κ2) is 7.77. The summed E-state index contributed by atoms with van der Waals surface area (Å²) in [5.74, 6) is 1.39. The summed E-state index contributed by atoms with van der Waals surface area (Å²) in [6.07, 6.45) is 4.38. The minimum Gasteiger partial charge on any atom is -0.497 e. The molecule has 1 saturated heterocycles. The number of rotatable bonds is 7. The van der Waals surface area contributed by atoms with E-state index in [1.54, 1.807) is 31.4 Å². The normalized spacial score (nSPS) is 16.8. The summed E-state index contributed by atoms with van der Waals surface area (Å²) in [7, 11) is -1.85. The Bertz CT molecular complexity index is 522. The van der Waals surface area contributed by atoms with Crippen LogP contribution in [0.3, 0.4) is 0 Å². The van der Waals surface area contributed by atoms with Gasteiger partial charge in [0.25, 0.3) is 0 Å². The largest absolute Gasteiger partial charge is 0.497 e. The van der Waals surface area contributed by atoms with Crippen LogP contribution in [0.15, 0.2) is 29.2 Å². The number of benzene rings is 1. The van der Waals surface area contributed by atoms with Crippen LogP contribution in [0, 0.1) is 5.92 Å². The van der Waals surface area contributed by atoms with Gasteiger partial charge in [-0.25, -0.2) is 13.1 Å². The van der Waals surface area contributed by atoms with Crippen molar-refractivity contribution in [3.8, 4) is 5.75 Å². The van der Waals surface area contributed by atoms with Gasteiger partial charge in [0.05, 0.1) is 12.0 Å². The Kier molecular flexibility index (Phi) is 6.02. The topological polar surface area (TPSA) is 67.4 Å². The number of ether oxygens (including phenoxy) is 1. The van der Waals surface area contributed by atoms with Crippen molar-refractivity contribution in [2.24, 2.45) is 5.92 Å². The molecule has 1 aliphatic heterocycles. The van der Waals surface area contributed by atoms with Gasteiger partial charge in [0.15, 0.2) is 0 Å². The van der Waals surface area contributed by atoms with Gasteiger partial charge in [-0.15, -0.1) is 0 Å². The van der Waals surface area contributed by atoms with Gasteiger partial charge in [-0.3, -0.25) is 0 Å². The molecule has 1 aromatic carbocycles. The Balaban J connectivity index is 1.77. The molecule has 1 fully saturated rings. The van der Waals surface area contributed by atoms with E-state index < -0.39 is 10.0 Å². The Morgan fingerprint density at radius 1 is 1.24 bits per heavy atom. The van der Waals surface area contributed by atoms with E-state index in [2.05, 4.69) is 10.0 Å². The first-order chi connectivity index (χ1) is 10.1. The third-order valence-corrected chi connectivity index (χ3v) is 5.39. The third kappa shape index (κ3) is 4.98. The molecule has 21 heavy (non-hydrogen) atoms. The highest BCUT2D eigenvalue weighted by Gasteiger charge is 2.15. The van der Waals surface area contributed by atoms with Gasteiger partial charge < -0.3 is 10.1 Å². The Morgan fingerprint density at radius 3 is 2.52 bits per heavy atom. The number of nitrogens with one attached hydrogen (secondary N) is 2.